The summed E-state index contributed by atoms with van der Waals surface area (Å²) in [7, 11) is -3.72. The summed E-state index contributed by atoms with van der Waals surface area (Å²) in [5, 5.41) is 0.152. The van der Waals surface area contributed by atoms with Crippen LogP contribution in [0.25, 0.3) is 10.9 Å². The Kier molecular flexibility index (Phi) is 7.41. The van der Waals surface area contributed by atoms with E-state index in [4.69, 9.17) is 4.74 Å². The van der Waals surface area contributed by atoms with E-state index in [9.17, 15) is 22.8 Å². The molecule has 35 heavy (non-hydrogen) atoms. The molecule has 0 radical (unpaired) electrons. The van der Waals surface area contributed by atoms with Crippen molar-refractivity contribution in [2.45, 2.75) is 38.1 Å². The predicted octanol–water partition coefficient (Wildman–Crippen LogP) is 1.12. The Morgan fingerprint density at radius 2 is 1.71 bits per heavy atom. The molecule has 2 saturated heterocycles. The van der Waals surface area contributed by atoms with E-state index in [0.29, 0.717) is 50.7 Å². The van der Waals surface area contributed by atoms with Crippen LogP contribution < -0.4 is 5.56 Å². The van der Waals surface area contributed by atoms with Crippen molar-refractivity contribution < 1.29 is 22.7 Å². The van der Waals surface area contributed by atoms with Gasteiger partial charge in [-0.3, -0.25) is 14.2 Å². The maximum absolute atomic E-state index is 13.1. The Bertz CT molecular complexity index is 1260. The normalized spacial score (nSPS) is 18.1. The molecule has 0 atom stereocenters. The van der Waals surface area contributed by atoms with Crippen molar-refractivity contribution in [3.63, 3.8) is 0 Å². The van der Waals surface area contributed by atoms with Gasteiger partial charge in [-0.25, -0.2) is 18.2 Å². The summed E-state index contributed by atoms with van der Waals surface area (Å²) in [5.74, 6) is 0.211. The molecule has 190 valence electrons. The average Bonchev–Trinajstić information content (AvgIpc) is 2.86. The molecular formula is C23H31N5O6S. The Labute approximate surface area is 204 Å². The molecule has 12 heteroatoms. The average molecular weight is 506 g/mol. The van der Waals surface area contributed by atoms with Crippen LogP contribution in [0.3, 0.4) is 0 Å². The fourth-order valence-electron chi connectivity index (χ4n) is 4.38. The molecule has 1 aromatic heterocycles. The molecule has 2 amide bonds. The van der Waals surface area contributed by atoms with Gasteiger partial charge in [-0.05, 0) is 43.9 Å². The van der Waals surface area contributed by atoms with Crippen molar-refractivity contribution in [2.24, 2.45) is 5.92 Å². The van der Waals surface area contributed by atoms with Crippen LogP contribution in [-0.4, -0.2) is 89.9 Å². The number of fused-ring (bicyclic) bond motifs is 1. The van der Waals surface area contributed by atoms with Gasteiger partial charge in [0, 0.05) is 39.3 Å². The van der Waals surface area contributed by atoms with Crippen molar-refractivity contribution in [3.8, 4) is 0 Å². The first-order valence-corrected chi connectivity index (χ1v) is 13.3. The van der Waals surface area contributed by atoms with E-state index in [2.05, 4.69) is 11.9 Å². The summed E-state index contributed by atoms with van der Waals surface area (Å²) in [5.41, 5.74) is -0.106. The highest BCUT2D eigenvalue weighted by Crippen LogP contribution is 2.24. The molecule has 0 unspecified atom stereocenters. The summed E-state index contributed by atoms with van der Waals surface area (Å²) < 4.78 is 33.9. The zero-order valence-corrected chi connectivity index (χ0v) is 20.9. The molecule has 0 spiro atoms. The molecule has 2 aliphatic rings. The Balaban J connectivity index is 1.50. The monoisotopic (exact) mass is 505 g/mol. The molecule has 0 aliphatic carbocycles. The van der Waals surface area contributed by atoms with E-state index < -0.39 is 21.7 Å². The van der Waals surface area contributed by atoms with Gasteiger partial charge < -0.3 is 14.5 Å². The summed E-state index contributed by atoms with van der Waals surface area (Å²) in [6.45, 7) is 6.20. The van der Waals surface area contributed by atoms with Gasteiger partial charge in [0.2, 0.25) is 15.9 Å². The number of rotatable bonds is 5. The van der Waals surface area contributed by atoms with Gasteiger partial charge in [0.1, 0.15) is 6.54 Å². The van der Waals surface area contributed by atoms with Crippen molar-refractivity contribution in [1.29, 1.82) is 0 Å². The zero-order valence-electron chi connectivity index (χ0n) is 20.1. The van der Waals surface area contributed by atoms with Crippen LogP contribution in [0, 0.1) is 5.92 Å². The number of carbonyl (C=O) groups excluding carboxylic acids is 2. The van der Waals surface area contributed by atoms with E-state index in [1.165, 1.54) is 33.4 Å². The maximum atomic E-state index is 13.1. The van der Waals surface area contributed by atoms with Crippen LogP contribution in [0.4, 0.5) is 4.79 Å². The maximum Gasteiger partial charge on any atom is 0.409 e. The van der Waals surface area contributed by atoms with Crippen LogP contribution in [0.1, 0.15) is 26.7 Å². The molecule has 3 heterocycles. The number of piperazine rings is 1. The molecule has 0 saturated carbocycles. The second-order valence-electron chi connectivity index (χ2n) is 9.01. The minimum atomic E-state index is -3.72. The van der Waals surface area contributed by atoms with Crippen LogP contribution in [0.2, 0.25) is 0 Å². The highest BCUT2D eigenvalue weighted by atomic mass is 32.2. The number of aromatic nitrogens is 2. The van der Waals surface area contributed by atoms with Gasteiger partial charge >= 0.3 is 6.09 Å². The number of carbonyl (C=O) groups is 2. The van der Waals surface area contributed by atoms with Crippen LogP contribution in [0.15, 0.2) is 34.2 Å². The number of hydrogen-bond acceptors (Lipinski definition) is 7. The van der Waals surface area contributed by atoms with Crippen LogP contribution in [0.5, 0.6) is 0 Å². The zero-order chi connectivity index (χ0) is 25.2. The number of nitrogens with zero attached hydrogens (tertiary/aromatic N) is 5. The quantitative estimate of drug-likeness (QED) is 0.597. The Hall–Kier alpha value is -2.99. The second-order valence-corrected chi connectivity index (χ2v) is 10.9. The van der Waals surface area contributed by atoms with Crippen LogP contribution >= 0.6 is 0 Å². The Morgan fingerprint density at radius 1 is 1.06 bits per heavy atom. The molecule has 4 rings (SSSR count). The molecule has 0 N–H and O–H groups in total. The van der Waals surface area contributed by atoms with Gasteiger partial charge in [-0.1, -0.05) is 6.92 Å². The smallest absolute Gasteiger partial charge is 0.409 e. The first-order valence-electron chi connectivity index (χ1n) is 11.9. The Morgan fingerprint density at radius 3 is 2.37 bits per heavy atom. The SMILES string of the molecule is CCOC(=O)N1CCN(C(=O)Cn2cnc3ccc(S(=O)(=O)N4CCC(C)CC4)cc3c2=O)CC1. The largest absolute Gasteiger partial charge is 0.450 e. The number of benzene rings is 1. The van der Waals surface area contributed by atoms with Crippen LogP contribution in [-0.2, 0) is 26.1 Å². The standard InChI is InChI=1S/C23H31N5O6S/c1-3-34-23(31)26-12-10-25(11-13-26)21(29)15-27-16-24-20-5-4-18(14-19(20)22(27)30)35(32,33)28-8-6-17(2)7-9-28/h4-5,14,16-17H,3,6-13,15H2,1-2H3. The lowest BCUT2D eigenvalue weighted by atomic mass is 10.0. The summed E-state index contributed by atoms with van der Waals surface area (Å²) in [6, 6.07) is 4.36. The predicted molar refractivity (Wildman–Crippen MR) is 128 cm³/mol. The summed E-state index contributed by atoms with van der Waals surface area (Å²) in [4.78, 5) is 45.2. The van der Waals surface area contributed by atoms with E-state index in [0.717, 1.165) is 12.8 Å². The van der Waals surface area contributed by atoms with E-state index >= 15 is 0 Å². The van der Waals surface area contributed by atoms with Crippen molar-refractivity contribution in [3.05, 3.63) is 34.9 Å². The number of ether oxygens (including phenoxy) is 1. The number of hydrogen-bond donors (Lipinski definition) is 0. The van der Waals surface area contributed by atoms with Gasteiger partial charge in [-0.15, -0.1) is 0 Å². The molecule has 2 aromatic rings. The lowest BCUT2D eigenvalue weighted by Crippen LogP contribution is -2.51. The molecule has 11 nitrogen and oxygen atoms in total. The third kappa shape index (κ3) is 5.32. The molecule has 2 aliphatic heterocycles. The molecule has 1 aromatic carbocycles. The first kappa shape index (κ1) is 25.1. The van der Waals surface area contributed by atoms with Crippen molar-refractivity contribution >= 4 is 32.9 Å². The van der Waals surface area contributed by atoms with Gasteiger partial charge in [0.15, 0.2) is 0 Å². The third-order valence-corrected chi connectivity index (χ3v) is 8.53. The lowest BCUT2D eigenvalue weighted by molar-refractivity contribution is -0.133. The lowest BCUT2D eigenvalue weighted by Gasteiger charge is -2.34. The van der Waals surface area contributed by atoms with Gasteiger partial charge in [-0.2, -0.15) is 4.31 Å². The number of piperidine rings is 1. The topological polar surface area (TPSA) is 122 Å². The van der Waals surface area contributed by atoms with Crippen molar-refractivity contribution in [1.82, 2.24) is 23.7 Å². The van der Waals surface area contributed by atoms with E-state index in [-0.39, 0.29) is 29.3 Å². The highest BCUT2D eigenvalue weighted by Gasteiger charge is 2.29. The molecule has 0 bridgehead atoms. The fourth-order valence-corrected chi connectivity index (χ4v) is 5.88. The first-order chi connectivity index (χ1) is 16.7. The molecule has 2 fully saturated rings. The molecular weight excluding hydrogens is 474 g/mol. The van der Waals surface area contributed by atoms with E-state index in [1.54, 1.807) is 16.7 Å². The summed E-state index contributed by atoms with van der Waals surface area (Å²) >= 11 is 0. The highest BCUT2D eigenvalue weighted by molar-refractivity contribution is 7.89. The number of amides is 2. The van der Waals surface area contributed by atoms with E-state index in [1.807, 2.05) is 0 Å². The number of sulfonamides is 1. The second kappa shape index (κ2) is 10.3. The third-order valence-electron chi connectivity index (χ3n) is 6.64. The minimum Gasteiger partial charge on any atom is -0.450 e. The summed E-state index contributed by atoms with van der Waals surface area (Å²) in [6.07, 6.45) is 2.51. The minimum absolute atomic E-state index is 0.0533. The fraction of sp³-hybridized carbons (Fsp3) is 0.565. The van der Waals surface area contributed by atoms with Gasteiger partial charge in [0.05, 0.1) is 28.7 Å². The van der Waals surface area contributed by atoms with Crippen molar-refractivity contribution in [2.75, 3.05) is 45.9 Å². The van der Waals surface area contributed by atoms with Gasteiger partial charge in [0.25, 0.3) is 5.56 Å².